The van der Waals surface area contributed by atoms with Gasteiger partial charge in [0.05, 0.1) is 11.8 Å². The summed E-state index contributed by atoms with van der Waals surface area (Å²) in [4.78, 5) is 41.8. The largest absolute Gasteiger partial charge is 0.454 e. The second-order valence-corrected chi connectivity index (χ2v) is 8.00. The molecule has 2 amide bonds. The number of esters is 1. The van der Waals surface area contributed by atoms with E-state index in [1.54, 1.807) is 0 Å². The maximum Gasteiger partial charge on any atom is 0.303 e. The monoisotopic (exact) mass is 362 g/mol. The van der Waals surface area contributed by atoms with Gasteiger partial charge in [0.25, 0.3) is 0 Å². The van der Waals surface area contributed by atoms with Crippen molar-refractivity contribution < 1.29 is 19.1 Å². The van der Waals surface area contributed by atoms with Crippen LogP contribution in [0.1, 0.15) is 41.0 Å². The Balaban J connectivity index is 1.93. The first kappa shape index (κ1) is 19.1. The molecule has 1 saturated carbocycles. The van der Waals surface area contributed by atoms with Crippen LogP contribution in [0.2, 0.25) is 0 Å². The SMILES string of the molecule is CCN(CC)CCN1C(=O)C2C3C(C)=CC(OC(C)=O)(CC3C)C2C1=O. The van der Waals surface area contributed by atoms with Gasteiger partial charge in [-0.3, -0.25) is 19.3 Å². The van der Waals surface area contributed by atoms with Crippen molar-refractivity contribution in [2.45, 2.75) is 46.6 Å². The van der Waals surface area contributed by atoms with Gasteiger partial charge in [0.15, 0.2) is 0 Å². The lowest BCUT2D eigenvalue weighted by Crippen LogP contribution is -2.57. The Hall–Kier alpha value is -1.69. The van der Waals surface area contributed by atoms with Crippen molar-refractivity contribution in [3.63, 3.8) is 0 Å². The summed E-state index contributed by atoms with van der Waals surface area (Å²) in [6.07, 6.45) is 2.55. The molecule has 0 N–H and O–H groups in total. The highest BCUT2D eigenvalue weighted by Gasteiger charge is 2.67. The molecule has 4 rings (SSSR count). The molecule has 3 aliphatic carbocycles. The Labute approximate surface area is 155 Å². The van der Waals surface area contributed by atoms with E-state index in [0.717, 1.165) is 18.7 Å². The van der Waals surface area contributed by atoms with Crippen LogP contribution in [0.4, 0.5) is 0 Å². The number of hydrogen-bond acceptors (Lipinski definition) is 5. The molecule has 1 heterocycles. The number of carbonyl (C=O) groups is 3. The number of amides is 2. The van der Waals surface area contributed by atoms with Gasteiger partial charge >= 0.3 is 5.97 Å². The van der Waals surface area contributed by atoms with Crippen LogP contribution >= 0.6 is 0 Å². The van der Waals surface area contributed by atoms with Gasteiger partial charge in [-0.15, -0.1) is 0 Å². The van der Waals surface area contributed by atoms with Gasteiger partial charge in [0, 0.05) is 20.0 Å². The topological polar surface area (TPSA) is 66.9 Å². The summed E-state index contributed by atoms with van der Waals surface area (Å²) in [7, 11) is 0. The zero-order valence-corrected chi connectivity index (χ0v) is 16.4. The number of fused-ring (bicyclic) bond motifs is 1. The predicted molar refractivity (Wildman–Crippen MR) is 97.0 cm³/mol. The molecular formula is C20H30N2O4. The van der Waals surface area contributed by atoms with Crippen molar-refractivity contribution in [3.05, 3.63) is 11.6 Å². The minimum absolute atomic E-state index is 0.0623. The van der Waals surface area contributed by atoms with Gasteiger partial charge in [-0.05, 0) is 44.3 Å². The van der Waals surface area contributed by atoms with Crippen molar-refractivity contribution >= 4 is 17.8 Å². The molecule has 0 aromatic heterocycles. The summed E-state index contributed by atoms with van der Waals surface area (Å²) in [6, 6.07) is 0. The molecule has 0 aromatic carbocycles. The molecule has 0 radical (unpaired) electrons. The zero-order valence-electron chi connectivity index (χ0n) is 16.4. The van der Waals surface area contributed by atoms with Crippen LogP contribution in [0.25, 0.3) is 0 Å². The number of ether oxygens (including phenoxy) is 1. The molecule has 1 aliphatic heterocycles. The average molecular weight is 362 g/mol. The lowest BCUT2D eigenvalue weighted by molar-refractivity contribution is -0.173. The number of nitrogens with zero attached hydrogens (tertiary/aromatic N) is 2. The van der Waals surface area contributed by atoms with Crippen molar-refractivity contribution in [2.75, 3.05) is 26.2 Å². The molecule has 0 aromatic rings. The number of rotatable bonds is 6. The highest BCUT2D eigenvalue weighted by Crippen LogP contribution is 2.58. The summed E-state index contributed by atoms with van der Waals surface area (Å²) in [6.45, 7) is 12.5. The van der Waals surface area contributed by atoms with Crippen molar-refractivity contribution in [1.82, 2.24) is 9.80 Å². The van der Waals surface area contributed by atoms with Gasteiger partial charge in [-0.25, -0.2) is 0 Å². The Bertz CT molecular complexity index is 654. The highest BCUT2D eigenvalue weighted by atomic mass is 16.6. The third kappa shape index (κ3) is 2.79. The van der Waals surface area contributed by atoms with Gasteiger partial charge in [-0.2, -0.15) is 0 Å². The molecular weight excluding hydrogens is 332 g/mol. The minimum atomic E-state index is -0.967. The fourth-order valence-electron chi connectivity index (χ4n) is 5.50. The number of hydrogen-bond donors (Lipinski definition) is 0. The summed E-state index contributed by atoms with van der Waals surface area (Å²) < 4.78 is 5.73. The van der Waals surface area contributed by atoms with E-state index in [2.05, 4.69) is 25.7 Å². The van der Waals surface area contributed by atoms with E-state index >= 15 is 0 Å². The van der Waals surface area contributed by atoms with Gasteiger partial charge in [0.1, 0.15) is 5.60 Å². The number of likely N-dealkylation sites (tertiary alicyclic amines) is 1. The highest BCUT2D eigenvalue weighted by molar-refractivity contribution is 6.07. The predicted octanol–water partition coefficient (Wildman–Crippen LogP) is 1.85. The maximum absolute atomic E-state index is 13.2. The van der Waals surface area contributed by atoms with Crippen LogP contribution in [0.3, 0.4) is 0 Å². The van der Waals surface area contributed by atoms with Crippen LogP contribution in [0.15, 0.2) is 11.6 Å². The molecule has 5 atom stereocenters. The quantitative estimate of drug-likeness (QED) is 0.410. The van der Waals surface area contributed by atoms with E-state index in [9.17, 15) is 14.4 Å². The minimum Gasteiger partial charge on any atom is -0.454 e. The summed E-state index contributed by atoms with van der Waals surface area (Å²) >= 11 is 0. The first-order valence-electron chi connectivity index (χ1n) is 9.72. The van der Waals surface area contributed by atoms with E-state index in [1.807, 2.05) is 13.0 Å². The van der Waals surface area contributed by atoms with E-state index in [-0.39, 0.29) is 23.7 Å². The lowest BCUT2D eigenvalue weighted by atomic mass is 9.54. The van der Waals surface area contributed by atoms with E-state index in [0.29, 0.717) is 19.5 Å². The van der Waals surface area contributed by atoms with Crippen LogP contribution in [0.5, 0.6) is 0 Å². The standard InChI is InChI=1S/C20H30N2O4/c1-6-21(7-2)8-9-22-18(24)16-15-12(3)10-20(11-13(15)4,26-14(5)23)17(16)19(22)25/h10,13,15-17H,6-9,11H2,1-5H3. The molecule has 6 heteroatoms. The molecule has 26 heavy (non-hydrogen) atoms. The van der Waals surface area contributed by atoms with Crippen LogP contribution in [0, 0.1) is 23.7 Å². The Kier molecular flexibility index (Phi) is 4.99. The molecule has 1 saturated heterocycles. The number of likely N-dealkylation sites (N-methyl/N-ethyl adjacent to an activating group) is 1. The first-order valence-corrected chi connectivity index (χ1v) is 9.72. The normalized spacial score (nSPS) is 35.8. The van der Waals surface area contributed by atoms with Crippen molar-refractivity contribution in [2.24, 2.45) is 23.7 Å². The molecule has 0 spiro atoms. The Morgan fingerprint density at radius 1 is 1.27 bits per heavy atom. The Morgan fingerprint density at radius 3 is 2.46 bits per heavy atom. The third-order valence-electron chi connectivity index (χ3n) is 6.48. The molecule has 5 unspecified atom stereocenters. The van der Waals surface area contributed by atoms with Crippen molar-refractivity contribution in [3.8, 4) is 0 Å². The second-order valence-electron chi connectivity index (χ2n) is 8.00. The van der Waals surface area contributed by atoms with Gasteiger partial charge in [0.2, 0.25) is 11.8 Å². The second kappa shape index (κ2) is 6.80. The summed E-state index contributed by atoms with van der Waals surface area (Å²) in [5.74, 6) is -1.36. The fourth-order valence-corrected chi connectivity index (χ4v) is 5.50. The third-order valence-corrected chi connectivity index (χ3v) is 6.48. The molecule has 4 aliphatic rings. The van der Waals surface area contributed by atoms with Gasteiger partial charge in [-0.1, -0.05) is 26.3 Å². The number of allylic oxidation sites excluding steroid dienone is 1. The number of carbonyl (C=O) groups excluding carboxylic acids is 3. The van der Waals surface area contributed by atoms with Crippen LogP contribution in [-0.4, -0.2) is 59.4 Å². The zero-order chi connectivity index (χ0) is 19.2. The maximum atomic E-state index is 13.2. The van der Waals surface area contributed by atoms with Crippen LogP contribution in [-0.2, 0) is 19.1 Å². The summed E-state index contributed by atoms with van der Waals surface area (Å²) in [5, 5.41) is 0. The fraction of sp³-hybridized carbons (Fsp3) is 0.750. The van der Waals surface area contributed by atoms with Gasteiger partial charge < -0.3 is 9.64 Å². The van der Waals surface area contributed by atoms with E-state index < -0.39 is 23.4 Å². The number of imide groups is 1. The first-order chi connectivity index (χ1) is 12.3. The summed E-state index contributed by atoms with van der Waals surface area (Å²) in [5.41, 5.74) is 0.101. The van der Waals surface area contributed by atoms with Crippen LogP contribution < -0.4 is 0 Å². The molecule has 2 fully saturated rings. The molecule has 6 nitrogen and oxygen atoms in total. The average Bonchev–Trinajstić information content (AvgIpc) is 2.80. The molecule has 2 bridgehead atoms. The van der Waals surface area contributed by atoms with E-state index in [4.69, 9.17) is 4.74 Å². The Morgan fingerprint density at radius 2 is 1.92 bits per heavy atom. The van der Waals surface area contributed by atoms with E-state index in [1.165, 1.54) is 11.8 Å². The lowest BCUT2D eigenvalue weighted by Gasteiger charge is -2.52. The smallest absolute Gasteiger partial charge is 0.303 e. The molecule has 144 valence electrons. The van der Waals surface area contributed by atoms with Crippen molar-refractivity contribution in [1.29, 1.82) is 0 Å².